The maximum atomic E-state index is 11.8. The minimum atomic E-state index is -0.278. The first-order chi connectivity index (χ1) is 7.68. The first kappa shape index (κ1) is 11.3. The van der Waals surface area contributed by atoms with Crippen LogP contribution in [0.5, 0.6) is 0 Å². The van der Waals surface area contributed by atoms with Crippen LogP contribution in [0.2, 0.25) is 0 Å². The zero-order chi connectivity index (χ0) is 11.5. The van der Waals surface area contributed by atoms with Gasteiger partial charge in [-0.05, 0) is 50.1 Å². The second-order valence-electron chi connectivity index (χ2n) is 2.90. The molecule has 0 aromatic carbocycles. The molecule has 0 aliphatic rings. The van der Waals surface area contributed by atoms with Gasteiger partial charge in [-0.1, -0.05) is 0 Å². The molecule has 2 heterocycles. The van der Waals surface area contributed by atoms with Crippen LogP contribution in [0.4, 0.5) is 5.82 Å². The van der Waals surface area contributed by atoms with Crippen molar-refractivity contribution < 1.29 is 9.21 Å². The molecule has 0 radical (unpaired) electrons. The minimum Gasteiger partial charge on any atom is -0.457 e. The molecule has 2 rings (SSSR count). The van der Waals surface area contributed by atoms with Crippen LogP contribution < -0.4 is 5.32 Å². The van der Waals surface area contributed by atoms with Crippen molar-refractivity contribution >= 4 is 43.6 Å². The molecule has 0 fully saturated rings. The number of aromatic nitrogens is 1. The van der Waals surface area contributed by atoms with Crippen LogP contribution in [0.25, 0.3) is 0 Å². The summed E-state index contributed by atoms with van der Waals surface area (Å²) in [5.74, 6) is 0.195. The number of nitrogens with zero attached hydrogens (tertiary/aromatic N) is 1. The van der Waals surface area contributed by atoms with Crippen LogP contribution in [-0.2, 0) is 0 Å². The summed E-state index contributed by atoms with van der Waals surface area (Å²) >= 11 is 6.43. The number of carbonyl (C=O) groups excluding carboxylic acids is 1. The second-order valence-corrected chi connectivity index (χ2v) is 4.47. The van der Waals surface area contributed by atoms with Gasteiger partial charge in [-0.2, -0.15) is 0 Å². The highest BCUT2D eigenvalue weighted by Crippen LogP contribution is 2.22. The van der Waals surface area contributed by atoms with Crippen LogP contribution in [0, 0.1) is 0 Å². The first-order valence-electron chi connectivity index (χ1n) is 4.33. The molecule has 2 aromatic heterocycles. The molecule has 82 valence electrons. The number of furan rings is 1. The zero-order valence-corrected chi connectivity index (χ0v) is 11.1. The number of halogens is 2. The number of hydrogen-bond acceptors (Lipinski definition) is 3. The van der Waals surface area contributed by atoms with Crippen LogP contribution in [-0.4, -0.2) is 10.9 Å². The number of hydrogen-bond donors (Lipinski definition) is 1. The Morgan fingerprint density at radius 3 is 2.81 bits per heavy atom. The number of pyridine rings is 1. The van der Waals surface area contributed by atoms with Gasteiger partial charge in [0, 0.05) is 6.20 Å². The molecule has 4 nitrogen and oxygen atoms in total. The lowest BCUT2D eigenvalue weighted by atomic mass is 10.3. The van der Waals surface area contributed by atoms with Crippen LogP contribution in [0.3, 0.4) is 0 Å². The van der Waals surface area contributed by atoms with E-state index in [9.17, 15) is 4.79 Å². The van der Waals surface area contributed by atoms with Gasteiger partial charge in [-0.3, -0.25) is 4.79 Å². The second kappa shape index (κ2) is 4.80. The molecule has 0 unspecified atom stereocenters. The van der Waals surface area contributed by atoms with Crippen molar-refractivity contribution in [2.75, 3.05) is 5.32 Å². The van der Waals surface area contributed by atoms with Gasteiger partial charge < -0.3 is 9.73 Å². The highest BCUT2D eigenvalue weighted by Gasteiger charge is 2.14. The highest BCUT2D eigenvalue weighted by atomic mass is 79.9. The van der Waals surface area contributed by atoms with Crippen molar-refractivity contribution in [2.45, 2.75) is 0 Å². The van der Waals surface area contributed by atoms with Crippen molar-refractivity contribution in [1.82, 2.24) is 4.98 Å². The van der Waals surface area contributed by atoms with E-state index in [0.29, 0.717) is 16.1 Å². The summed E-state index contributed by atoms with van der Waals surface area (Å²) in [7, 11) is 0. The lowest BCUT2D eigenvalue weighted by Crippen LogP contribution is -2.12. The van der Waals surface area contributed by atoms with Gasteiger partial charge in [-0.25, -0.2) is 4.98 Å². The number of nitrogens with one attached hydrogen (secondary N) is 1. The quantitative estimate of drug-likeness (QED) is 0.906. The van der Waals surface area contributed by atoms with Crippen LogP contribution in [0.15, 0.2) is 44.2 Å². The molecule has 0 bridgehead atoms. The number of anilines is 1. The van der Waals surface area contributed by atoms with Crippen molar-refractivity contribution in [2.24, 2.45) is 0 Å². The molecule has 1 N–H and O–H groups in total. The Hall–Kier alpha value is -1.14. The molecule has 0 aliphatic carbocycles. The fraction of sp³-hybridized carbons (Fsp3) is 0. The van der Waals surface area contributed by atoms with Gasteiger partial charge in [0.15, 0.2) is 4.67 Å². The molecule has 2 aromatic rings. The number of rotatable bonds is 2. The lowest BCUT2D eigenvalue weighted by molar-refractivity contribution is 0.102. The van der Waals surface area contributed by atoms with Gasteiger partial charge in [0.2, 0.25) is 0 Å². The van der Waals surface area contributed by atoms with E-state index in [1.807, 2.05) is 0 Å². The van der Waals surface area contributed by atoms with Gasteiger partial charge in [0.1, 0.15) is 5.82 Å². The fourth-order valence-electron chi connectivity index (χ4n) is 1.11. The molecular formula is C10H6Br2N2O2. The topological polar surface area (TPSA) is 55.1 Å². The van der Waals surface area contributed by atoms with Crippen LogP contribution in [0.1, 0.15) is 10.4 Å². The third-order valence-corrected chi connectivity index (χ3v) is 3.11. The third-order valence-electron chi connectivity index (χ3n) is 1.85. The molecule has 0 atom stereocenters. The predicted octanol–water partition coefficient (Wildman–Crippen LogP) is 3.45. The lowest BCUT2D eigenvalue weighted by Gasteiger charge is -2.04. The zero-order valence-electron chi connectivity index (χ0n) is 7.91. The number of amides is 1. The average molecular weight is 346 g/mol. The maximum Gasteiger partial charge on any atom is 0.261 e. The minimum absolute atomic E-state index is 0.278. The summed E-state index contributed by atoms with van der Waals surface area (Å²) in [6, 6.07) is 5.15. The van der Waals surface area contributed by atoms with Crippen molar-refractivity contribution in [3.05, 3.63) is 45.4 Å². The normalized spacial score (nSPS) is 10.1. The third kappa shape index (κ3) is 2.33. The Morgan fingerprint density at radius 1 is 1.38 bits per heavy atom. The molecule has 0 spiro atoms. The largest absolute Gasteiger partial charge is 0.457 e. The molecule has 0 saturated heterocycles. The molecule has 0 saturated carbocycles. The fourth-order valence-corrected chi connectivity index (χ4v) is 1.88. The number of carbonyl (C=O) groups is 1. The van der Waals surface area contributed by atoms with E-state index in [0.717, 1.165) is 4.47 Å². The smallest absolute Gasteiger partial charge is 0.261 e. The SMILES string of the molecule is O=C(Nc1ncccc1Br)c1ccoc1Br. The van der Waals surface area contributed by atoms with E-state index >= 15 is 0 Å². The molecule has 16 heavy (non-hydrogen) atoms. The van der Waals surface area contributed by atoms with E-state index in [2.05, 4.69) is 42.2 Å². The van der Waals surface area contributed by atoms with E-state index in [1.54, 1.807) is 24.4 Å². The maximum absolute atomic E-state index is 11.8. The average Bonchev–Trinajstić information content (AvgIpc) is 2.68. The highest BCUT2D eigenvalue weighted by molar-refractivity contribution is 9.10. The summed E-state index contributed by atoms with van der Waals surface area (Å²) in [5, 5.41) is 2.67. The molecule has 1 amide bonds. The van der Waals surface area contributed by atoms with Crippen molar-refractivity contribution in [1.29, 1.82) is 0 Å². The Balaban J connectivity index is 2.21. The Bertz CT molecular complexity index is 525. The predicted molar refractivity (Wildman–Crippen MR) is 66.3 cm³/mol. The molecule has 0 aliphatic heterocycles. The van der Waals surface area contributed by atoms with Gasteiger partial charge in [0.25, 0.3) is 5.91 Å². The summed E-state index contributed by atoms with van der Waals surface area (Å²) in [6.45, 7) is 0. The summed E-state index contributed by atoms with van der Waals surface area (Å²) < 4.78 is 6.10. The summed E-state index contributed by atoms with van der Waals surface area (Å²) in [6.07, 6.45) is 3.04. The molecular weight excluding hydrogens is 340 g/mol. The Labute approximate surface area is 108 Å². The standard InChI is InChI=1S/C10H6Br2N2O2/c11-7-2-1-4-13-9(7)14-10(15)6-3-5-16-8(6)12/h1-5H,(H,13,14,15). The van der Waals surface area contributed by atoms with E-state index < -0.39 is 0 Å². The molecule has 6 heteroatoms. The first-order valence-corrected chi connectivity index (χ1v) is 5.92. The summed E-state index contributed by atoms with van der Waals surface area (Å²) in [4.78, 5) is 15.8. The van der Waals surface area contributed by atoms with E-state index in [1.165, 1.54) is 6.26 Å². The van der Waals surface area contributed by atoms with Gasteiger partial charge in [0.05, 0.1) is 16.3 Å². The van der Waals surface area contributed by atoms with E-state index in [-0.39, 0.29) is 5.91 Å². The van der Waals surface area contributed by atoms with E-state index in [4.69, 9.17) is 4.42 Å². The Kier molecular flexibility index (Phi) is 3.40. The van der Waals surface area contributed by atoms with Gasteiger partial charge in [-0.15, -0.1) is 0 Å². The van der Waals surface area contributed by atoms with Crippen molar-refractivity contribution in [3.8, 4) is 0 Å². The van der Waals surface area contributed by atoms with Crippen LogP contribution >= 0.6 is 31.9 Å². The monoisotopic (exact) mass is 344 g/mol. The Morgan fingerprint density at radius 2 is 2.19 bits per heavy atom. The van der Waals surface area contributed by atoms with Gasteiger partial charge >= 0.3 is 0 Å². The van der Waals surface area contributed by atoms with Crippen molar-refractivity contribution in [3.63, 3.8) is 0 Å². The summed E-state index contributed by atoms with van der Waals surface area (Å²) in [5.41, 5.74) is 0.428.